The second-order valence-corrected chi connectivity index (χ2v) is 6.45. The molecule has 1 heterocycles. The fourth-order valence-corrected chi connectivity index (χ4v) is 2.93. The third-order valence-electron chi connectivity index (χ3n) is 2.99. The van der Waals surface area contributed by atoms with Crippen molar-refractivity contribution < 1.29 is 18.9 Å². The van der Waals surface area contributed by atoms with E-state index in [0.717, 1.165) is 14.6 Å². The van der Waals surface area contributed by atoms with Gasteiger partial charge in [0, 0.05) is 16.0 Å². The van der Waals surface area contributed by atoms with Crippen LogP contribution >= 0.6 is 38.5 Å². The van der Waals surface area contributed by atoms with Crippen LogP contribution in [-0.4, -0.2) is 49.7 Å². The van der Waals surface area contributed by atoms with Crippen LogP contribution in [0.15, 0.2) is 28.7 Å². The fourth-order valence-electron chi connectivity index (χ4n) is 2.05. The van der Waals surface area contributed by atoms with Gasteiger partial charge in [-0.3, -0.25) is 0 Å². The summed E-state index contributed by atoms with van der Waals surface area (Å²) < 4.78 is 24.6. The van der Waals surface area contributed by atoms with Crippen molar-refractivity contribution in [2.75, 3.05) is 38.0 Å². The van der Waals surface area contributed by atoms with Crippen LogP contribution in [0.3, 0.4) is 0 Å². The number of alkyl halides is 1. The quantitative estimate of drug-likeness (QED) is 0.487. The Balaban J connectivity index is 1.87. The summed E-state index contributed by atoms with van der Waals surface area (Å²) in [7, 11) is 1.68. The Kier molecular flexibility index (Phi) is 6.54. The summed E-state index contributed by atoms with van der Waals surface area (Å²) in [5.74, 6) is 0.828. The van der Waals surface area contributed by atoms with Crippen molar-refractivity contribution in [1.82, 2.24) is 0 Å². The topological polar surface area (TPSA) is 36.9 Å². The Hall–Kier alpha value is 0.110. The third kappa shape index (κ3) is 4.56. The van der Waals surface area contributed by atoms with Gasteiger partial charge in [-0.2, -0.15) is 0 Å². The van der Waals surface area contributed by atoms with Gasteiger partial charge in [0.25, 0.3) is 0 Å². The molecule has 0 aliphatic carbocycles. The number of ether oxygens (including phenoxy) is 4. The van der Waals surface area contributed by atoms with Gasteiger partial charge in [0.1, 0.15) is 24.1 Å². The molecule has 1 aromatic rings. The first-order valence-corrected chi connectivity index (χ1v) is 8.68. The lowest BCUT2D eigenvalue weighted by Crippen LogP contribution is -2.53. The van der Waals surface area contributed by atoms with Crippen LogP contribution < -0.4 is 4.74 Å². The maximum atomic E-state index is 6.12. The third-order valence-corrected chi connectivity index (χ3v) is 4.90. The lowest BCUT2D eigenvalue weighted by Gasteiger charge is -2.39. The summed E-state index contributed by atoms with van der Waals surface area (Å²) >= 11 is 5.71. The van der Waals surface area contributed by atoms with Crippen LogP contribution in [0.4, 0.5) is 0 Å². The molecule has 0 amide bonds. The molecule has 1 aromatic carbocycles. The first-order chi connectivity index (χ1) is 9.67. The number of halogens is 2. The monoisotopic (exact) mass is 456 g/mol. The van der Waals surface area contributed by atoms with Crippen molar-refractivity contribution >= 4 is 38.5 Å². The summed E-state index contributed by atoms with van der Waals surface area (Å²) in [5, 5.41) is 0. The van der Waals surface area contributed by atoms with Crippen LogP contribution in [-0.2, 0) is 14.2 Å². The van der Waals surface area contributed by atoms with E-state index in [2.05, 4.69) is 38.5 Å². The van der Waals surface area contributed by atoms with Crippen molar-refractivity contribution in [3.8, 4) is 5.75 Å². The molecule has 2 atom stereocenters. The highest BCUT2D eigenvalue weighted by molar-refractivity contribution is 14.1. The highest BCUT2D eigenvalue weighted by Gasteiger charge is 2.37. The number of hydrogen-bond donors (Lipinski definition) is 0. The molecule has 112 valence electrons. The Morgan fingerprint density at radius 3 is 2.80 bits per heavy atom. The molecular formula is C14H18BrIO4. The maximum absolute atomic E-state index is 6.12. The van der Waals surface area contributed by atoms with Crippen LogP contribution in [0.1, 0.15) is 0 Å². The molecule has 0 bridgehead atoms. The number of benzene rings is 1. The average molecular weight is 457 g/mol. The molecular weight excluding hydrogens is 439 g/mol. The SMILES string of the molecule is COC[C@@]1(CI)COCC(COc2ccc(Br)cc2)O1. The molecule has 1 saturated heterocycles. The van der Waals surface area contributed by atoms with E-state index in [9.17, 15) is 0 Å². The lowest BCUT2D eigenvalue weighted by molar-refractivity contribution is -0.210. The molecule has 6 heteroatoms. The second kappa shape index (κ2) is 7.93. The zero-order valence-electron chi connectivity index (χ0n) is 11.3. The average Bonchev–Trinajstić information content (AvgIpc) is 2.47. The Morgan fingerprint density at radius 2 is 2.15 bits per heavy atom. The van der Waals surface area contributed by atoms with Gasteiger partial charge < -0.3 is 18.9 Å². The molecule has 1 fully saturated rings. The summed E-state index contributed by atoms with van der Waals surface area (Å²) in [6.07, 6.45) is -0.0719. The largest absolute Gasteiger partial charge is 0.491 e. The molecule has 0 saturated carbocycles. The van der Waals surface area contributed by atoms with E-state index in [0.29, 0.717) is 26.4 Å². The van der Waals surface area contributed by atoms with E-state index in [1.807, 2.05) is 24.3 Å². The van der Waals surface area contributed by atoms with Gasteiger partial charge >= 0.3 is 0 Å². The normalized spacial score (nSPS) is 26.4. The molecule has 0 spiro atoms. The highest BCUT2D eigenvalue weighted by atomic mass is 127. The van der Waals surface area contributed by atoms with Gasteiger partial charge in [0.05, 0.1) is 19.8 Å². The second-order valence-electron chi connectivity index (χ2n) is 4.77. The van der Waals surface area contributed by atoms with Crippen LogP contribution in [0.25, 0.3) is 0 Å². The van der Waals surface area contributed by atoms with Crippen LogP contribution in [0.2, 0.25) is 0 Å². The number of methoxy groups -OCH3 is 1. The molecule has 20 heavy (non-hydrogen) atoms. The van der Waals surface area contributed by atoms with Crippen molar-refractivity contribution in [2.24, 2.45) is 0 Å². The van der Waals surface area contributed by atoms with Crippen molar-refractivity contribution in [3.05, 3.63) is 28.7 Å². The molecule has 0 N–H and O–H groups in total. The summed E-state index contributed by atoms with van der Waals surface area (Å²) in [5.41, 5.74) is -0.360. The first kappa shape index (κ1) is 16.5. The van der Waals surface area contributed by atoms with E-state index >= 15 is 0 Å². The van der Waals surface area contributed by atoms with Crippen molar-refractivity contribution in [2.45, 2.75) is 11.7 Å². The van der Waals surface area contributed by atoms with E-state index < -0.39 is 0 Å². The maximum Gasteiger partial charge on any atom is 0.124 e. The van der Waals surface area contributed by atoms with Crippen molar-refractivity contribution in [3.63, 3.8) is 0 Å². The number of rotatable bonds is 6. The van der Waals surface area contributed by atoms with E-state index in [1.54, 1.807) is 7.11 Å². The van der Waals surface area contributed by atoms with E-state index in [1.165, 1.54) is 0 Å². The summed E-state index contributed by atoms with van der Waals surface area (Å²) in [4.78, 5) is 0. The minimum atomic E-state index is -0.360. The predicted octanol–water partition coefficient (Wildman–Crippen LogP) is 3.06. The van der Waals surface area contributed by atoms with Gasteiger partial charge in [-0.15, -0.1) is 0 Å². The van der Waals surface area contributed by atoms with E-state index in [4.69, 9.17) is 18.9 Å². The Morgan fingerprint density at radius 1 is 1.40 bits per heavy atom. The lowest BCUT2D eigenvalue weighted by atomic mass is 10.1. The molecule has 2 rings (SSSR count). The van der Waals surface area contributed by atoms with E-state index in [-0.39, 0.29) is 11.7 Å². The molecule has 0 radical (unpaired) electrons. The zero-order chi connectivity index (χ0) is 14.4. The minimum absolute atomic E-state index is 0.0719. The minimum Gasteiger partial charge on any atom is -0.491 e. The standard InChI is InChI=1S/C14H18BrIO4/c1-17-9-14(8-16)10-18-6-13(20-14)7-19-12-4-2-11(15)3-5-12/h2-5,13H,6-10H2,1H3/t13?,14-/m0/s1. The highest BCUT2D eigenvalue weighted by Crippen LogP contribution is 2.24. The van der Waals surface area contributed by atoms with Gasteiger partial charge in [0.15, 0.2) is 0 Å². The van der Waals surface area contributed by atoms with Gasteiger partial charge in [-0.25, -0.2) is 0 Å². The van der Waals surface area contributed by atoms with Gasteiger partial charge in [-0.1, -0.05) is 38.5 Å². The molecule has 1 unspecified atom stereocenters. The van der Waals surface area contributed by atoms with Gasteiger partial charge in [-0.05, 0) is 24.3 Å². The smallest absolute Gasteiger partial charge is 0.124 e. The molecule has 1 aliphatic heterocycles. The van der Waals surface area contributed by atoms with Crippen LogP contribution in [0, 0.1) is 0 Å². The molecule has 1 aliphatic rings. The van der Waals surface area contributed by atoms with Crippen molar-refractivity contribution in [1.29, 1.82) is 0 Å². The molecule has 4 nitrogen and oxygen atoms in total. The summed E-state index contributed by atoms with van der Waals surface area (Å²) in [6.45, 7) is 2.13. The first-order valence-electron chi connectivity index (χ1n) is 6.36. The summed E-state index contributed by atoms with van der Waals surface area (Å²) in [6, 6.07) is 7.75. The molecule has 0 aromatic heterocycles. The fraction of sp³-hybridized carbons (Fsp3) is 0.571. The Labute approximate surface area is 141 Å². The van der Waals surface area contributed by atoms with Gasteiger partial charge in [0.2, 0.25) is 0 Å². The van der Waals surface area contributed by atoms with Crippen LogP contribution in [0.5, 0.6) is 5.75 Å². The Bertz CT molecular complexity index is 410. The number of hydrogen-bond acceptors (Lipinski definition) is 4. The predicted molar refractivity (Wildman–Crippen MR) is 88.8 cm³/mol. The zero-order valence-corrected chi connectivity index (χ0v) is 15.1.